The Hall–Kier alpha value is -4.95. The van der Waals surface area contributed by atoms with Crippen molar-refractivity contribution in [2.45, 2.75) is 62.9 Å². The Morgan fingerprint density at radius 3 is 2.09 bits per heavy atom. The highest BCUT2D eigenvalue weighted by Gasteiger charge is 2.31. The topological polar surface area (TPSA) is 250 Å². The molecule has 1 heterocycles. The first kappa shape index (κ1) is 32.6. The van der Waals surface area contributed by atoms with Crippen molar-refractivity contribution < 1.29 is 39.3 Å². The SMILES string of the molecule is CC(O)C(N)C(=O)NC(CCC(N)=O)C(=O)NC(Cc1ccc(O)cc1)C(=O)NC(Cc1c[nH]c2ccccc12)C(=O)O. The molecular weight excluding hydrogens is 560 g/mol. The lowest BCUT2D eigenvalue weighted by atomic mass is 10.0. The molecule has 3 rings (SSSR count). The van der Waals surface area contributed by atoms with Crippen LogP contribution in [0, 0.1) is 0 Å². The molecule has 1 aromatic heterocycles. The molecule has 11 N–H and O–H groups in total. The number of nitrogens with one attached hydrogen (secondary N) is 4. The van der Waals surface area contributed by atoms with Crippen LogP contribution < -0.4 is 27.4 Å². The lowest BCUT2D eigenvalue weighted by Crippen LogP contribution is -2.58. The number of aromatic nitrogens is 1. The molecule has 0 radical (unpaired) electrons. The van der Waals surface area contributed by atoms with E-state index < -0.39 is 59.9 Å². The molecule has 5 atom stereocenters. The highest BCUT2D eigenvalue weighted by Crippen LogP contribution is 2.19. The molecule has 0 saturated heterocycles. The molecule has 14 heteroatoms. The second-order valence-corrected chi connectivity index (χ2v) is 10.2. The van der Waals surface area contributed by atoms with Gasteiger partial charge in [-0.2, -0.15) is 0 Å². The van der Waals surface area contributed by atoms with Gasteiger partial charge in [0.15, 0.2) is 0 Å². The molecule has 0 aliphatic heterocycles. The minimum absolute atomic E-state index is 0.0258. The van der Waals surface area contributed by atoms with Crippen molar-refractivity contribution in [3.63, 3.8) is 0 Å². The predicted molar refractivity (Wildman–Crippen MR) is 155 cm³/mol. The number of hydrogen-bond donors (Lipinski definition) is 9. The van der Waals surface area contributed by atoms with Crippen LogP contribution in [0.4, 0.5) is 0 Å². The van der Waals surface area contributed by atoms with Gasteiger partial charge in [-0.3, -0.25) is 19.2 Å². The van der Waals surface area contributed by atoms with Crippen LogP contribution in [0.5, 0.6) is 5.75 Å². The number of carboxylic acid groups (broad SMARTS) is 1. The predicted octanol–water partition coefficient (Wildman–Crippen LogP) is -0.829. The monoisotopic (exact) mass is 596 g/mol. The van der Waals surface area contributed by atoms with E-state index in [0.717, 1.165) is 10.9 Å². The number of aromatic hydroxyl groups is 1. The molecule has 0 aliphatic rings. The zero-order valence-electron chi connectivity index (χ0n) is 23.4. The van der Waals surface area contributed by atoms with Crippen LogP contribution in [-0.2, 0) is 36.8 Å². The number of aliphatic hydroxyl groups is 1. The van der Waals surface area contributed by atoms with E-state index in [9.17, 15) is 39.3 Å². The van der Waals surface area contributed by atoms with Gasteiger partial charge >= 0.3 is 5.97 Å². The summed E-state index contributed by atoms with van der Waals surface area (Å²) in [5, 5.41) is 37.4. The molecule has 230 valence electrons. The number of carboxylic acids is 1. The number of primary amides is 1. The summed E-state index contributed by atoms with van der Waals surface area (Å²) >= 11 is 0. The van der Waals surface area contributed by atoms with Crippen LogP contribution >= 0.6 is 0 Å². The van der Waals surface area contributed by atoms with Crippen molar-refractivity contribution >= 4 is 40.5 Å². The van der Waals surface area contributed by atoms with Crippen LogP contribution in [0.3, 0.4) is 0 Å². The average molecular weight is 597 g/mol. The van der Waals surface area contributed by atoms with Gasteiger partial charge < -0.3 is 47.7 Å². The molecule has 0 saturated carbocycles. The number of hydrogen-bond acceptors (Lipinski definition) is 8. The van der Waals surface area contributed by atoms with Crippen LogP contribution in [0.1, 0.15) is 30.9 Å². The van der Waals surface area contributed by atoms with E-state index in [2.05, 4.69) is 20.9 Å². The third-order valence-electron chi connectivity index (χ3n) is 6.86. The van der Waals surface area contributed by atoms with Gasteiger partial charge in [-0.05, 0) is 42.7 Å². The van der Waals surface area contributed by atoms with E-state index in [4.69, 9.17) is 11.5 Å². The molecule has 0 bridgehead atoms. The largest absolute Gasteiger partial charge is 0.508 e. The number of phenolic OH excluding ortho intramolecular Hbond substituents is 1. The fourth-order valence-electron chi connectivity index (χ4n) is 4.38. The van der Waals surface area contributed by atoms with Crippen molar-refractivity contribution in [3.05, 3.63) is 65.9 Å². The number of rotatable bonds is 15. The highest BCUT2D eigenvalue weighted by molar-refractivity contribution is 5.95. The number of aromatic amines is 1. The van der Waals surface area contributed by atoms with E-state index in [-0.39, 0.29) is 31.4 Å². The van der Waals surface area contributed by atoms with Gasteiger partial charge in [0.1, 0.15) is 29.9 Å². The fourth-order valence-corrected chi connectivity index (χ4v) is 4.38. The average Bonchev–Trinajstić information content (AvgIpc) is 3.37. The molecular formula is C29H36N6O8. The Bertz CT molecular complexity index is 1450. The number of fused-ring (bicyclic) bond motifs is 1. The van der Waals surface area contributed by atoms with E-state index in [0.29, 0.717) is 11.1 Å². The number of carbonyl (C=O) groups excluding carboxylic acids is 4. The lowest BCUT2D eigenvalue weighted by molar-refractivity contribution is -0.142. The maximum atomic E-state index is 13.5. The van der Waals surface area contributed by atoms with Crippen molar-refractivity contribution in [2.24, 2.45) is 11.5 Å². The van der Waals surface area contributed by atoms with Gasteiger partial charge in [-0.25, -0.2) is 4.79 Å². The summed E-state index contributed by atoms with van der Waals surface area (Å²) in [6.07, 6.45) is -0.265. The summed E-state index contributed by atoms with van der Waals surface area (Å²) in [4.78, 5) is 66.0. The van der Waals surface area contributed by atoms with Crippen molar-refractivity contribution in [2.75, 3.05) is 0 Å². The standard InChI is InChI=1S/C29H36N6O8/c1-15(36)25(31)28(41)33-21(10-11-24(30)38)26(39)34-22(12-16-6-8-18(37)9-7-16)27(40)35-23(29(42)43)13-17-14-32-20-5-3-2-4-19(17)20/h2-9,14-15,21-23,25,32,36-37H,10-13,31H2,1H3,(H2,30,38)(H,33,41)(H,34,39)(H,35,40)(H,42,43). The first-order valence-corrected chi connectivity index (χ1v) is 13.5. The second-order valence-electron chi connectivity index (χ2n) is 10.2. The normalized spacial score (nSPS) is 14.6. The molecule has 4 amide bonds. The summed E-state index contributed by atoms with van der Waals surface area (Å²) < 4.78 is 0. The maximum absolute atomic E-state index is 13.5. The fraction of sp³-hybridized carbons (Fsp3) is 0.345. The third-order valence-corrected chi connectivity index (χ3v) is 6.86. The van der Waals surface area contributed by atoms with E-state index in [1.807, 2.05) is 18.2 Å². The molecule has 0 aliphatic carbocycles. The Labute approximate surface area is 246 Å². The third kappa shape index (κ3) is 9.28. The van der Waals surface area contributed by atoms with E-state index in [1.165, 1.54) is 31.2 Å². The second kappa shape index (κ2) is 14.8. The minimum Gasteiger partial charge on any atom is -0.508 e. The highest BCUT2D eigenvalue weighted by atomic mass is 16.4. The van der Waals surface area contributed by atoms with Crippen LogP contribution in [-0.4, -0.2) is 80.2 Å². The van der Waals surface area contributed by atoms with Crippen LogP contribution in [0.2, 0.25) is 0 Å². The summed E-state index contributed by atoms with van der Waals surface area (Å²) in [5.41, 5.74) is 12.9. The Morgan fingerprint density at radius 1 is 0.860 bits per heavy atom. The maximum Gasteiger partial charge on any atom is 0.326 e. The number of nitrogens with two attached hydrogens (primary N) is 2. The summed E-state index contributed by atoms with van der Waals surface area (Å²) in [7, 11) is 0. The lowest BCUT2D eigenvalue weighted by Gasteiger charge is -2.25. The summed E-state index contributed by atoms with van der Waals surface area (Å²) in [6.45, 7) is 1.29. The van der Waals surface area contributed by atoms with Crippen molar-refractivity contribution in [3.8, 4) is 5.75 Å². The van der Waals surface area contributed by atoms with Gasteiger partial charge in [0.05, 0.1) is 6.10 Å². The van der Waals surface area contributed by atoms with Crippen molar-refractivity contribution in [1.29, 1.82) is 0 Å². The number of H-pyrrole nitrogens is 1. The molecule has 2 aromatic carbocycles. The smallest absolute Gasteiger partial charge is 0.326 e. The number of phenols is 1. The summed E-state index contributed by atoms with van der Waals surface area (Å²) in [6, 6.07) is 7.67. The molecule has 0 spiro atoms. The Morgan fingerprint density at radius 2 is 1.47 bits per heavy atom. The van der Waals surface area contributed by atoms with Crippen LogP contribution in [0.15, 0.2) is 54.7 Å². The van der Waals surface area contributed by atoms with Gasteiger partial charge in [0.2, 0.25) is 23.6 Å². The molecule has 43 heavy (non-hydrogen) atoms. The number of amides is 4. The van der Waals surface area contributed by atoms with Gasteiger partial charge in [0, 0.05) is 36.4 Å². The zero-order chi connectivity index (χ0) is 31.7. The van der Waals surface area contributed by atoms with Crippen molar-refractivity contribution in [1.82, 2.24) is 20.9 Å². The zero-order valence-corrected chi connectivity index (χ0v) is 23.4. The Kier molecular flexibility index (Phi) is 11.2. The molecule has 14 nitrogen and oxygen atoms in total. The number of aliphatic hydroxyl groups excluding tert-OH is 1. The molecule has 0 fully saturated rings. The Balaban J connectivity index is 1.84. The number of para-hydroxylation sites is 1. The molecule has 3 aromatic rings. The van der Waals surface area contributed by atoms with Gasteiger partial charge in [-0.1, -0.05) is 30.3 Å². The van der Waals surface area contributed by atoms with Gasteiger partial charge in [-0.15, -0.1) is 0 Å². The summed E-state index contributed by atoms with van der Waals surface area (Å²) in [5.74, 6) is -4.63. The first-order valence-electron chi connectivity index (χ1n) is 13.5. The molecule has 5 unspecified atom stereocenters. The van der Waals surface area contributed by atoms with E-state index in [1.54, 1.807) is 12.3 Å². The van der Waals surface area contributed by atoms with E-state index >= 15 is 0 Å². The van der Waals surface area contributed by atoms with Crippen LogP contribution in [0.25, 0.3) is 10.9 Å². The quantitative estimate of drug-likeness (QED) is 0.106. The number of benzene rings is 2. The number of aliphatic carboxylic acids is 1. The first-order chi connectivity index (χ1) is 20.3. The number of carbonyl (C=O) groups is 5. The van der Waals surface area contributed by atoms with Gasteiger partial charge in [0.25, 0.3) is 0 Å². The minimum atomic E-state index is -1.37.